The number of allylic oxidation sites excluding steroid dienone is 1. The zero-order valence-corrected chi connectivity index (χ0v) is 13.8. The summed E-state index contributed by atoms with van der Waals surface area (Å²) in [6, 6.07) is 9.47. The minimum Gasteiger partial charge on any atom is -0.275 e. The van der Waals surface area contributed by atoms with E-state index in [9.17, 15) is 10.1 Å². The van der Waals surface area contributed by atoms with Crippen molar-refractivity contribution in [3.63, 3.8) is 0 Å². The highest BCUT2D eigenvalue weighted by molar-refractivity contribution is 6.41. The van der Waals surface area contributed by atoms with Gasteiger partial charge in [-0.25, -0.2) is 0 Å². The van der Waals surface area contributed by atoms with Crippen molar-refractivity contribution in [2.24, 2.45) is 5.10 Å². The van der Waals surface area contributed by atoms with Crippen LogP contribution in [0.1, 0.15) is 5.56 Å². The van der Waals surface area contributed by atoms with Crippen LogP contribution in [0.15, 0.2) is 47.6 Å². The molecule has 2 rings (SSSR count). The summed E-state index contributed by atoms with van der Waals surface area (Å²) in [5.74, 6) is 0. The molecule has 0 spiro atoms. The zero-order chi connectivity index (χ0) is 16.8. The third-order valence-corrected chi connectivity index (χ3v) is 3.57. The van der Waals surface area contributed by atoms with Gasteiger partial charge >= 0.3 is 0 Å². The maximum Gasteiger partial charge on any atom is 0.276 e. The molecular formula is C15H10Cl3N3O2. The summed E-state index contributed by atoms with van der Waals surface area (Å²) < 4.78 is 0. The molecule has 2 aromatic carbocycles. The maximum atomic E-state index is 10.9. The van der Waals surface area contributed by atoms with E-state index in [1.807, 2.05) is 0 Å². The van der Waals surface area contributed by atoms with Gasteiger partial charge in [0.05, 0.1) is 26.2 Å². The van der Waals surface area contributed by atoms with Crippen LogP contribution in [0.25, 0.3) is 6.08 Å². The topological polar surface area (TPSA) is 67.5 Å². The Morgan fingerprint density at radius 2 is 1.78 bits per heavy atom. The van der Waals surface area contributed by atoms with E-state index in [1.54, 1.807) is 30.4 Å². The van der Waals surface area contributed by atoms with Crippen LogP contribution in [0.4, 0.5) is 11.4 Å². The molecule has 118 valence electrons. The molecule has 1 N–H and O–H groups in total. The third kappa shape index (κ3) is 4.69. The van der Waals surface area contributed by atoms with E-state index in [0.717, 1.165) is 0 Å². The van der Waals surface area contributed by atoms with Crippen LogP contribution in [0.2, 0.25) is 15.1 Å². The first-order valence-corrected chi connectivity index (χ1v) is 7.46. The van der Waals surface area contributed by atoms with Crippen LogP contribution in [-0.4, -0.2) is 11.1 Å². The van der Waals surface area contributed by atoms with Crippen molar-refractivity contribution in [3.05, 3.63) is 73.2 Å². The molecule has 0 saturated heterocycles. The molecule has 5 nitrogen and oxygen atoms in total. The van der Waals surface area contributed by atoms with E-state index in [1.165, 1.54) is 24.4 Å². The van der Waals surface area contributed by atoms with Crippen LogP contribution >= 0.6 is 34.8 Å². The second-order valence-corrected chi connectivity index (χ2v) is 5.56. The van der Waals surface area contributed by atoms with Crippen molar-refractivity contribution in [3.8, 4) is 0 Å². The van der Waals surface area contributed by atoms with E-state index < -0.39 is 4.92 Å². The maximum absolute atomic E-state index is 10.9. The minimum absolute atomic E-state index is 0.0221. The number of halogens is 3. The van der Waals surface area contributed by atoms with Gasteiger partial charge in [0.25, 0.3) is 5.69 Å². The van der Waals surface area contributed by atoms with Crippen LogP contribution in [0.3, 0.4) is 0 Å². The Hall–Kier alpha value is -2.08. The Labute approximate surface area is 147 Å². The van der Waals surface area contributed by atoms with E-state index in [-0.39, 0.29) is 5.69 Å². The van der Waals surface area contributed by atoms with Crippen molar-refractivity contribution in [2.75, 3.05) is 5.43 Å². The van der Waals surface area contributed by atoms with E-state index in [4.69, 9.17) is 34.8 Å². The average molecular weight is 371 g/mol. The van der Waals surface area contributed by atoms with E-state index in [2.05, 4.69) is 10.5 Å². The molecule has 0 fully saturated rings. The predicted molar refractivity (Wildman–Crippen MR) is 95.7 cm³/mol. The number of hydrazone groups is 1. The van der Waals surface area contributed by atoms with Gasteiger partial charge in [-0.2, -0.15) is 5.10 Å². The molecule has 0 aliphatic rings. The first-order valence-electron chi connectivity index (χ1n) is 6.32. The van der Waals surface area contributed by atoms with Gasteiger partial charge in [-0.1, -0.05) is 46.9 Å². The van der Waals surface area contributed by atoms with Gasteiger partial charge in [-0.3, -0.25) is 15.5 Å². The molecule has 0 heterocycles. The fraction of sp³-hybridized carbons (Fsp3) is 0. The lowest BCUT2D eigenvalue weighted by molar-refractivity contribution is -0.385. The standard InChI is InChI=1S/C15H10Cl3N3O2/c16-11-8-12(17)15(13(18)9-11)20-19-7-3-5-10-4-1-2-6-14(10)21(22)23/h1-9,20H. The van der Waals surface area contributed by atoms with Crippen molar-refractivity contribution in [1.29, 1.82) is 0 Å². The molecule has 0 amide bonds. The molecule has 0 aliphatic carbocycles. The number of para-hydroxylation sites is 1. The lowest BCUT2D eigenvalue weighted by Gasteiger charge is -2.05. The number of anilines is 1. The quantitative estimate of drug-likeness (QED) is 0.419. The average Bonchev–Trinajstić information content (AvgIpc) is 2.49. The number of benzene rings is 2. The van der Waals surface area contributed by atoms with Crippen LogP contribution in [0, 0.1) is 10.1 Å². The van der Waals surface area contributed by atoms with Gasteiger partial charge in [0.1, 0.15) is 0 Å². The number of hydrogen-bond acceptors (Lipinski definition) is 4. The largest absolute Gasteiger partial charge is 0.276 e. The molecule has 0 atom stereocenters. The summed E-state index contributed by atoms with van der Waals surface area (Å²) in [7, 11) is 0. The number of nitro benzene ring substituents is 1. The first-order chi connectivity index (χ1) is 11.0. The van der Waals surface area contributed by atoms with E-state index >= 15 is 0 Å². The van der Waals surface area contributed by atoms with Crippen molar-refractivity contribution >= 4 is 58.5 Å². The van der Waals surface area contributed by atoms with Crippen molar-refractivity contribution < 1.29 is 4.92 Å². The molecule has 0 radical (unpaired) electrons. The molecule has 0 aromatic heterocycles. The lowest BCUT2D eigenvalue weighted by Crippen LogP contribution is -1.92. The molecular weight excluding hydrogens is 361 g/mol. The first kappa shape index (κ1) is 17.3. The van der Waals surface area contributed by atoms with Crippen LogP contribution in [0.5, 0.6) is 0 Å². The zero-order valence-electron chi connectivity index (χ0n) is 11.5. The fourth-order valence-electron chi connectivity index (χ4n) is 1.74. The van der Waals surface area contributed by atoms with Gasteiger partial charge in [0, 0.05) is 17.3 Å². The van der Waals surface area contributed by atoms with Gasteiger partial charge < -0.3 is 0 Å². The lowest BCUT2D eigenvalue weighted by atomic mass is 10.2. The molecule has 8 heteroatoms. The smallest absolute Gasteiger partial charge is 0.275 e. The highest BCUT2D eigenvalue weighted by atomic mass is 35.5. The van der Waals surface area contributed by atoms with E-state index in [0.29, 0.717) is 26.3 Å². The Kier molecular flexibility index (Phi) is 5.98. The molecule has 2 aromatic rings. The highest BCUT2D eigenvalue weighted by Crippen LogP contribution is 2.33. The summed E-state index contributed by atoms with van der Waals surface area (Å²) in [4.78, 5) is 10.4. The predicted octanol–water partition coefficient (Wildman–Crippen LogP) is 5.67. The SMILES string of the molecule is O=[N+]([O-])c1ccccc1C=CC=NNc1c(Cl)cc(Cl)cc1Cl. The normalized spacial score (nSPS) is 11.3. The number of hydrogen-bond donors (Lipinski definition) is 1. The monoisotopic (exact) mass is 369 g/mol. The summed E-state index contributed by atoms with van der Waals surface area (Å²) in [5.41, 5.74) is 3.62. The Morgan fingerprint density at radius 3 is 2.43 bits per heavy atom. The summed E-state index contributed by atoms with van der Waals surface area (Å²) >= 11 is 17.8. The van der Waals surface area contributed by atoms with Gasteiger partial charge in [0.15, 0.2) is 0 Å². The number of rotatable bonds is 5. The number of nitrogens with zero attached hydrogens (tertiary/aromatic N) is 2. The molecule has 0 saturated carbocycles. The Bertz CT molecular complexity index is 768. The highest BCUT2D eigenvalue weighted by Gasteiger charge is 2.09. The van der Waals surface area contributed by atoms with Crippen LogP contribution < -0.4 is 5.43 Å². The Balaban J connectivity index is 2.07. The van der Waals surface area contributed by atoms with Crippen molar-refractivity contribution in [2.45, 2.75) is 0 Å². The minimum atomic E-state index is -0.442. The Morgan fingerprint density at radius 1 is 1.13 bits per heavy atom. The molecule has 23 heavy (non-hydrogen) atoms. The number of nitrogens with one attached hydrogen (secondary N) is 1. The number of nitro groups is 1. The second kappa shape index (κ2) is 7.97. The summed E-state index contributed by atoms with van der Waals surface area (Å²) in [5, 5.41) is 15.9. The van der Waals surface area contributed by atoms with Crippen LogP contribution in [-0.2, 0) is 0 Å². The molecule has 0 aliphatic heterocycles. The molecule has 0 unspecified atom stereocenters. The van der Waals surface area contributed by atoms with Gasteiger partial charge in [-0.05, 0) is 30.4 Å². The van der Waals surface area contributed by atoms with Crippen molar-refractivity contribution in [1.82, 2.24) is 0 Å². The third-order valence-electron chi connectivity index (χ3n) is 2.75. The summed E-state index contributed by atoms with van der Waals surface area (Å²) in [6.07, 6.45) is 4.57. The fourth-order valence-corrected chi connectivity index (χ4v) is 2.64. The summed E-state index contributed by atoms with van der Waals surface area (Å²) in [6.45, 7) is 0. The van der Waals surface area contributed by atoms with Gasteiger partial charge in [0.2, 0.25) is 0 Å². The second-order valence-electron chi connectivity index (χ2n) is 4.31. The molecule has 0 bridgehead atoms. The van der Waals surface area contributed by atoms with Gasteiger partial charge in [-0.15, -0.1) is 0 Å².